The summed E-state index contributed by atoms with van der Waals surface area (Å²) in [5.41, 5.74) is 5.86. The standard InChI is InChI=1S/C37H51N5O2S/c1-23-18-24(2)20-27(19-23)33-28(10-13-41-11-8-25(9-12-41)36(44)42-16-14-40(5)15-17-42)29-21-31(45-35(29)39-33)37(3,4)34(43)32-26-6-7-30(32)38-22-26/h18-21,25-26,30,32,38-39H,6-17,22H2,1-5H3. The molecule has 1 aromatic carbocycles. The zero-order valence-electron chi connectivity index (χ0n) is 27.9. The number of aromatic amines is 1. The highest BCUT2D eigenvalue weighted by Gasteiger charge is 2.50. The predicted molar refractivity (Wildman–Crippen MR) is 184 cm³/mol. The molecule has 3 aromatic rings. The zero-order chi connectivity index (χ0) is 31.5. The van der Waals surface area contributed by atoms with Crippen molar-refractivity contribution in [1.82, 2.24) is 25.0 Å². The molecular weight excluding hydrogens is 579 g/mol. The number of Topliss-reactive ketones (excluding diaryl/α,β-unsaturated/α-hetero) is 1. The number of benzene rings is 1. The van der Waals surface area contributed by atoms with Crippen LogP contribution in [0.1, 0.15) is 61.1 Å². The van der Waals surface area contributed by atoms with E-state index in [4.69, 9.17) is 0 Å². The second-order valence-electron chi connectivity index (χ2n) is 15.1. The largest absolute Gasteiger partial charge is 0.346 e. The summed E-state index contributed by atoms with van der Waals surface area (Å²) in [7, 11) is 2.14. The van der Waals surface area contributed by atoms with E-state index in [2.05, 4.69) is 84.0 Å². The molecule has 242 valence electrons. The number of rotatable bonds is 8. The molecular formula is C37H51N5O2S. The molecule has 45 heavy (non-hydrogen) atoms. The third kappa shape index (κ3) is 5.92. The number of amides is 1. The Bertz CT molecular complexity index is 1530. The highest BCUT2D eigenvalue weighted by atomic mass is 32.1. The average molecular weight is 630 g/mol. The summed E-state index contributed by atoms with van der Waals surface area (Å²) in [4.78, 5) is 40.4. The lowest BCUT2D eigenvalue weighted by molar-refractivity contribution is -0.138. The van der Waals surface area contributed by atoms with E-state index in [1.165, 1.54) is 49.5 Å². The number of likely N-dealkylation sites (tertiary alicyclic amines) is 1. The van der Waals surface area contributed by atoms with Crippen molar-refractivity contribution in [3.05, 3.63) is 45.8 Å². The summed E-state index contributed by atoms with van der Waals surface area (Å²) in [6.07, 6.45) is 5.16. The topological polar surface area (TPSA) is 71.7 Å². The van der Waals surface area contributed by atoms with Gasteiger partial charge in [0.2, 0.25) is 5.91 Å². The highest BCUT2D eigenvalue weighted by Crippen LogP contribution is 2.45. The number of hydrogen-bond donors (Lipinski definition) is 2. The van der Waals surface area contributed by atoms with Gasteiger partial charge in [0.25, 0.3) is 0 Å². The molecule has 3 atom stereocenters. The number of hydrogen-bond acceptors (Lipinski definition) is 6. The van der Waals surface area contributed by atoms with Crippen LogP contribution in [0.25, 0.3) is 21.5 Å². The van der Waals surface area contributed by atoms with E-state index in [0.717, 1.165) is 78.0 Å². The summed E-state index contributed by atoms with van der Waals surface area (Å²) < 4.78 is 0. The third-order valence-corrected chi connectivity index (χ3v) is 12.9. The summed E-state index contributed by atoms with van der Waals surface area (Å²) in [6.45, 7) is 16.3. The Morgan fingerprint density at radius 1 is 0.933 bits per heavy atom. The molecule has 1 saturated carbocycles. The first-order valence-corrected chi connectivity index (χ1v) is 18.1. The number of likely N-dealkylation sites (N-methyl/N-ethyl adjacent to an activating group) is 1. The number of ketones is 1. The molecule has 3 saturated heterocycles. The number of piperidine rings is 2. The molecule has 4 fully saturated rings. The van der Waals surface area contributed by atoms with E-state index in [-0.39, 0.29) is 11.8 Å². The molecule has 7 rings (SSSR count). The second-order valence-corrected chi connectivity index (χ2v) is 16.1. The molecule has 1 amide bonds. The van der Waals surface area contributed by atoms with Gasteiger partial charge in [-0.15, -0.1) is 11.3 Å². The lowest BCUT2D eigenvalue weighted by atomic mass is 9.76. The molecule has 2 N–H and O–H groups in total. The molecule has 0 radical (unpaired) electrons. The SMILES string of the molecule is Cc1cc(C)cc(-c2[nH]c3sc(C(C)(C)C(=O)C4C5CCC4NC5)cc3c2CCN2CCC(C(=O)N3CCN(C)CC3)CC2)c1. The van der Waals surface area contributed by atoms with E-state index in [1.54, 1.807) is 11.3 Å². The van der Waals surface area contributed by atoms with Gasteiger partial charge in [0, 0.05) is 60.9 Å². The smallest absolute Gasteiger partial charge is 0.225 e. The first-order chi connectivity index (χ1) is 21.6. The number of H-pyrrole nitrogens is 1. The molecule has 7 nitrogen and oxygen atoms in total. The monoisotopic (exact) mass is 629 g/mol. The number of fused-ring (bicyclic) bond motifs is 3. The van der Waals surface area contributed by atoms with Crippen LogP contribution in [0.2, 0.25) is 0 Å². The van der Waals surface area contributed by atoms with E-state index < -0.39 is 5.41 Å². The van der Waals surface area contributed by atoms with Gasteiger partial charge in [-0.25, -0.2) is 0 Å². The quantitative estimate of drug-likeness (QED) is 0.350. The molecule has 2 bridgehead atoms. The van der Waals surface area contributed by atoms with Crippen LogP contribution in [0.4, 0.5) is 0 Å². The van der Waals surface area contributed by atoms with Gasteiger partial charge in [0.05, 0.1) is 11.1 Å². The van der Waals surface area contributed by atoms with Crippen LogP contribution in [-0.2, 0) is 21.4 Å². The molecule has 2 aromatic heterocycles. The minimum atomic E-state index is -0.502. The van der Waals surface area contributed by atoms with Gasteiger partial charge < -0.3 is 25.0 Å². The Hall–Kier alpha value is -2.52. The van der Waals surface area contributed by atoms with Crippen molar-refractivity contribution in [2.24, 2.45) is 17.8 Å². The number of carbonyl (C=O) groups is 2. The fourth-order valence-electron chi connectivity index (χ4n) is 8.70. The summed E-state index contributed by atoms with van der Waals surface area (Å²) in [6, 6.07) is 9.51. The Balaban J connectivity index is 1.10. The molecule has 3 unspecified atom stereocenters. The van der Waals surface area contributed by atoms with E-state index in [1.807, 2.05) is 0 Å². The van der Waals surface area contributed by atoms with Gasteiger partial charge in [0.1, 0.15) is 10.6 Å². The number of nitrogens with zero attached hydrogens (tertiary/aromatic N) is 3. The number of piperazine rings is 1. The molecule has 3 aliphatic heterocycles. The third-order valence-electron chi connectivity index (χ3n) is 11.5. The normalized spacial score (nSPS) is 25.1. The average Bonchev–Trinajstić information content (AvgIpc) is 3.80. The minimum absolute atomic E-state index is 0.150. The van der Waals surface area contributed by atoms with E-state index in [9.17, 15) is 9.59 Å². The van der Waals surface area contributed by atoms with Gasteiger partial charge in [-0.2, -0.15) is 0 Å². The van der Waals surface area contributed by atoms with Crippen LogP contribution in [0.5, 0.6) is 0 Å². The van der Waals surface area contributed by atoms with Crippen LogP contribution in [-0.4, -0.2) is 96.8 Å². The van der Waals surface area contributed by atoms with Crippen molar-refractivity contribution in [2.45, 2.75) is 71.3 Å². The van der Waals surface area contributed by atoms with Crippen LogP contribution < -0.4 is 5.32 Å². The van der Waals surface area contributed by atoms with Gasteiger partial charge in [-0.1, -0.05) is 17.2 Å². The van der Waals surface area contributed by atoms with Gasteiger partial charge in [-0.05, 0) is 122 Å². The van der Waals surface area contributed by atoms with E-state index >= 15 is 0 Å². The molecule has 4 aliphatic rings. The van der Waals surface area contributed by atoms with Gasteiger partial charge in [-0.3, -0.25) is 9.59 Å². The maximum atomic E-state index is 14.0. The summed E-state index contributed by atoms with van der Waals surface area (Å²) in [5, 5.41) is 4.88. The number of thiophene rings is 1. The first kappa shape index (κ1) is 31.1. The zero-order valence-corrected chi connectivity index (χ0v) is 28.7. The van der Waals surface area contributed by atoms with Crippen LogP contribution in [0.15, 0.2) is 24.3 Å². The fourth-order valence-corrected chi connectivity index (χ4v) is 9.90. The fraction of sp³-hybridized carbons (Fsp3) is 0.622. The number of aromatic nitrogens is 1. The lowest BCUT2D eigenvalue weighted by Gasteiger charge is -2.37. The molecule has 0 spiro atoms. The number of nitrogens with one attached hydrogen (secondary N) is 2. The highest BCUT2D eigenvalue weighted by molar-refractivity contribution is 7.19. The van der Waals surface area contributed by atoms with Crippen LogP contribution in [0.3, 0.4) is 0 Å². The van der Waals surface area contributed by atoms with Crippen molar-refractivity contribution in [3.63, 3.8) is 0 Å². The molecule has 5 heterocycles. The second kappa shape index (κ2) is 12.3. The minimum Gasteiger partial charge on any atom is -0.346 e. The van der Waals surface area contributed by atoms with Crippen molar-refractivity contribution in [1.29, 1.82) is 0 Å². The molecule has 1 aliphatic carbocycles. The van der Waals surface area contributed by atoms with Crippen molar-refractivity contribution in [2.75, 3.05) is 59.4 Å². The Labute approximate surface area is 272 Å². The first-order valence-electron chi connectivity index (χ1n) is 17.3. The van der Waals surface area contributed by atoms with Crippen molar-refractivity contribution < 1.29 is 9.59 Å². The Morgan fingerprint density at radius 3 is 2.27 bits per heavy atom. The maximum absolute atomic E-state index is 14.0. The van der Waals surface area contributed by atoms with Crippen LogP contribution >= 0.6 is 11.3 Å². The maximum Gasteiger partial charge on any atom is 0.225 e. The van der Waals surface area contributed by atoms with E-state index in [0.29, 0.717) is 23.7 Å². The van der Waals surface area contributed by atoms with Gasteiger partial charge in [0.15, 0.2) is 0 Å². The number of carbonyl (C=O) groups excluding carboxylic acids is 2. The van der Waals surface area contributed by atoms with Crippen LogP contribution in [0, 0.1) is 31.6 Å². The Morgan fingerprint density at radius 2 is 1.64 bits per heavy atom. The lowest BCUT2D eigenvalue weighted by Crippen LogP contribution is -2.50. The summed E-state index contributed by atoms with van der Waals surface area (Å²) >= 11 is 1.78. The van der Waals surface area contributed by atoms with Crippen molar-refractivity contribution >= 4 is 33.2 Å². The Kier molecular flexibility index (Phi) is 8.47. The van der Waals surface area contributed by atoms with Crippen molar-refractivity contribution in [3.8, 4) is 11.3 Å². The number of aryl methyl sites for hydroxylation is 2. The predicted octanol–water partition coefficient (Wildman–Crippen LogP) is 5.39. The summed E-state index contributed by atoms with van der Waals surface area (Å²) in [5.74, 6) is 1.60. The van der Waals surface area contributed by atoms with Gasteiger partial charge >= 0.3 is 0 Å². The molecule has 8 heteroatoms.